The number of rotatable bonds is 5. The van der Waals surface area contributed by atoms with Crippen molar-refractivity contribution in [1.82, 2.24) is 0 Å². The lowest BCUT2D eigenvalue weighted by molar-refractivity contribution is -0.113. The van der Waals surface area contributed by atoms with Crippen molar-refractivity contribution < 1.29 is 18.0 Å². The van der Waals surface area contributed by atoms with Crippen molar-refractivity contribution in [3.05, 3.63) is 65.0 Å². The Kier molecular flexibility index (Phi) is 5.49. The molecule has 0 aliphatic carbocycles. The van der Waals surface area contributed by atoms with Crippen LogP contribution in [0.5, 0.6) is 0 Å². The van der Waals surface area contributed by atoms with Crippen LogP contribution in [0.15, 0.2) is 36.4 Å². The van der Waals surface area contributed by atoms with Crippen LogP contribution in [-0.2, 0) is 10.5 Å². The van der Waals surface area contributed by atoms with Gasteiger partial charge in [-0.1, -0.05) is 29.8 Å². The van der Waals surface area contributed by atoms with E-state index >= 15 is 0 Å². The number of benzene rings is 2. The van der Waals surface area contributed by atoms with Crippen molar-refractivity contribution in [2.45, 2.75) is 12.7 Å². The second-order valence-corrected chi connectivity index (χ2v) is 5.74. The van der Waals surface area contributed by atoms with Gasteiger partial charge in [0.15, 0.2) is 17.5 Å². The predicted octanol–water partition coefficient (Wildman–Crippen LogP) is 4.28. The summed E-state index contributed by atoms with van der Waals surface area (Å²) in [5.74, 6) is -4.02. The molecule has 0 unspecified atom stereocenters. The Morgan fingerprint density at radius 2 is 1.73 bits per heavy atom. The minimum atomic E-state index is -1.59. The first-order chi connectivity index (χ1) is 10.5. The third-order valence-electron chi connectivity index (χ3n) is 2.93. The van der Waals surface area contributed by atoms with E-state index in [9.17, 15) is 18.0 Å². The van der Waals surface area contributed by atoms with Crippen LogP contribution < -0.4 is 5.32 Å². The van der Waals surface area contributed by atoms with E-state index in [1.54, 1.807) is 0 Å². The number of anilines is 1. The number of carbonyl (C=O) groups is 1. The van der Waals surface area contributed by atoms with Crippen LogP contribution in [0, 0.1) is 24.4 Å². The molecule has 0 saturated carbocycles. The number of amides is 1. The fourth-order valence-electron chi connectivity index (χ4n) is 1.75. The predicted molar refractivity (Wildman–Crippen MR) is 82.3 cm³/mol. The molecule has 2 rings (SSSR count). The molecule has 0 aliphatic rings. The van der Waals surface area contributed by atoms with Crippen molar-refractivity contribution in [2.24, 2.45) is 0 Å². The number of hydrogen-bond acceptors (Lipinski definition) is 2. The van der Waals surface area contributed by atoms with Crippen LogP contribution in [0.1, 0.15) is 11.1 Å². The molecule has 1 N–H and O–H groups in total. The molecular formula is C16H14F3NOS. The quantitative estimate of drug-likeness (QED) is 0.831. The van der Waals surface area contributed by atoms with Crippen LogP contribution in [0.25, 0.3) is 0 Å². The van der Waals surface area contributed by atoms with Crippen molar-refractivity contribution >= 4 is 23.4 Å². The molecule has 1 amide bonds. The fourth-order valence-corrected chi connectivity index (χ4v) is 2.54. The van der Waals surface area contributed by atoms with Gasteiger partial charge in [0.25, 0.3) is 0 Å². The Bertz CT molecular complexity index is 674. The zero-order valence-electron chi connectivity index (χ0n) is 11.8. The second kappa shape index (κ2) is 7.35. The largest absolute Gasteiger partial charge is 0.323 e. The minimum Gasteiger partial charge on any atom is -0.323 e. The van der Waals surface area contributed by atoms with E-state index in [2.05, 4.69) is 5.32 Å². The molecule has 0 saturated heterocycles. The van der Waals surface area contributed by atoms with Gasteiger partial charge >= 0.3 is 0 Å². The average Bonchev–Trinajstić information content (AvgIpc) is 2.50. The lowest BCUT2D eigenvalue weighted by Crippen LogP contribution is -2.16. The van der Waals surface area contributed by atoms with Gasteiger partial charge in [-0.3, -0.25) is 4.79 Å². The van der Waals surface area contributed by atoms with Gasteiger partial charge in [0.1, 0.15) is 0 Å². The molecule has 0 aromatic heterocycles. The molecule has 22 heavy (non-hydrogen) atoms. The maximum atomic E-state index is 13.4. The zero-order chi connectivity index (χ0) is 16.1. The van der Waals surface area contributed by atoms with Crippen LogP contribution in [0.2, 0.25) is 0 Å². The van der Waals surface area contributed by atoms with E-state index in [0.717, 1.165) is 23.3 Å². The average molecular weight is 325 g/mol. The molecule has 2 nitrogen and oxygen atoms in total. The maximum absolute atomic E-state index is 13.4. The standard InChI is InChI=1S/C16H14F3NOS/c1-10-2-4-11(5-3-10)8-22-9-14(21)20-13-7-6-12(17)15(18)16(13)19/h2-7H,8-9H2,1H3,(H,20,21). The molecule has 0 aliphatic heterocycles. The Balaban J connectivity index is 1.86. The van der Waals surface area contributed by atoms with Crippen molar-refractivity contribution in [1.29, 1.82) is 0 Å². The van der Waals surface area contributed by atoms with E-state index in [0.29, 0.717) is 5.75 Å². The highest BCUT2D eigenvalue weighted by Crippen LogP contribution is 2.20. The number of nitrogens with one attached hydrogen (secondary N) is 1. The zero-order valence-corrected chi connectivity index (χ0v) is 12.6. The minimum absolute atomic E-state index is 0.0896. The lowest BCUT2D eigenvalue weighted by Gasteiger charge is -2.07. The monoisotopic (exact) mass is 325 g/mol. The molecule has 0 spiro atoms. The smallest absolute Gasteiger partial charge is 0.234 e. The molecule has 116 valence electrons. The lowest BCUT2D eigenvalue weighted by atomic mass is 10.2. The highest BCUT2D eigenvalue weighted by atomic mass is 32.2. The maximum Gasteiger partial charge on any atom is 0.234 e. The molecule has 6 heteroatoms. The number of hydrogen-bond donors (Lipinski definition) is 1. The van der Waals surface area contributed by atoms with Gasteiger partial charge < -0.3 is 5.32 Å². The first kappa shape index (κ1) is 16.4. The molecule has 0 heterocycles. The first-order valence-electron chi connectivity index (χ1n) is 6.54. The summed E-state index contributed by atoms with van der Waals surface area (Å²) in [4.78, 5) is 11.7. The first-order valence-corrected chi connectivity index (χ1v) is 7.69. The molecule has 0 fully saturated rings. The fraction of sp³-hybridized carbons (Fsp3) is 0.188. The Morgan fingerprint density at radius 1 is 1.05 bits per heavy atom. The summed E-state index contributed by atoms with van der Waals surface area (Å²) in [6.45, 7) is 1.99. The summed E-state index contributed by atoms with van der Waals surface area (Å²) in [6, 6.07) is 9.66. The summed E-state index contributed by atoms with van der Waals surface area (Å²) >= 11 is 1.35. The van der Waals surface area contributed by atoms with Gasteiger partial charge in [0, 0.05) is 5.75 Å². The Labute approximate surface area is 130 Å². The molecule has 0 atom stereocenters. The number of halogens is 3. The topological polar surface area (TPSA) is 29.1 Å². The van der Waals surface area contributed by atoms with Crippen molar-refractivity contribution in [3.63, 3.8) is 0 Å². The van der Waals surface area contributed by atoms with Gasteiger partial charge in [-0.25, -0.2) is 13.2 Å². The summed E-state index contributed by atoms with van der Waals surface area (Å²) in [5.41, 5.74) is 1.86. The normalized spacial score (nSPS) is 10.5. The van der Waals surface area contributed by atoms with Gasteiger partial charge in [0.05, 0.1) is 11.4 Å². The number of aryl methyl sites for hydroxylation is 1. The number of carbonyl (C=O) groups excluding carboxylic acids is 1. The van der Waals surface area contributed by atoms with E-state index in [1.807, 2.05) is 31.2 Å². The highest BCUT2D eigenvalue weighted by Gasteiger charge is 2.15. The van der Waals surface area contributed by atoms with E-state index < -0.39 is 23.4 Å². The molecule has 2 aromatic rings. The summed E-state index contributed by atoms with van der Waals surface area (Å²) in [5, 5.41) is 2.23. The Hall–Kier alpha value is -1.95. The van der Waals surface area contributed by atoms with Crippen LogP contribution >= 0.6 is 11.8 Å². The summed E-state index contributed by atoms with van der Waals surface area (Å²) in [6.07, 6.45) is 0. The third kappa shape index (κ3) is 4.27. The van der Waals surface area contributed by atoms with E-state index in [4.69, 9.17) is 0 Å². The van der Waals surface area contributed by atoms with Gasteiger partial charge in [-0.2, -0.15) is 0 Å². The van der Waals surface area contributed by atoms with Gasteiger partial charge in [-0.15, -0.1) is 11.8 Å². The molecule has 2 aromatic carbocycles. The molecule has 0 radical (unpaired) electrons. The van der Waals surface area contributed by atoms with Crippen LogP contribution in [0.3, 0.4) is 0 Å². The SMILES string of the molecule is Cc1ccc(CSCC(=O)Nc2ccc(F)c(F)c2F)cc1. The van der Waals surface area contributed by atoms with Crippen LogP contribution in [0.4, 0.5) is 18.9 Å². The number of thioether (sulfide) groups is 1. The van der Waals surface area contributed by atoms with Gasteiger partial charge in [-0.05, 0) is 24.6 Å². The third-order valence-corrected chi connectivity index (χ3v) is 3.94. The molecular weight excluding hydrogens is 311 g/mol. The van der Waals surface area contributed by atoms with E-state index in [-0.39, 0.29) is 11.4 Å². The Morgan fingerprint density at radius 3 is 2.41 bits per heavy atom. The van der Waals surface area contributed by atoms with Crippen LogP contribution in [-0.4, -0.2) is 11.7 Å². The summed E-state index contributed by atoms with van der Waals surface area (Å²) in [7, 11) is 0. The van der Waals surface area contributed by atoms with E-state index in [1.165, 1.54) is 11.8 Å². The van der Waals surface area contributed by atoms with Crippen molar-refractivity contribution in [2.75, 3.05) is 11.1 Å². The molecule has 0 bridgehead atoms. The second-order valence-electron chi connectivity index (χ2n) is 4.75. The van der Waals surface area contributed by atoms with Crippen molar-refractivity contribution in [3.8, 4) is 0 Å². The summed E-state index contributed by atoms with van der Waals surface area (Å²) < 4.78 is 39.2. The highest BCUT2D eigenvalue weighted by molar-refractivity contribution is 7.99. The van der Waals surface area contributed by atoms with Gasteiger partial charge in [0.2, 0.25) is 5.91 Å².